The zero-order valence-corrected chi connectivity index (χ0v) is 21.1. The monoisotopic (exact) mass is 479 g/mol. The summed E-state index contributed by atoms with van der Waals surface area (Å²) < 4.78 is 2.03. The number of hydrogen-bond donors (Lipinski definition) is 1. The van der Waals surface area contributed by atoms with E-state index >= 15 is 0 Å². The van der Waals surface area contributed by atoms with Gasteiger partial charge < -0.3 is 20.0 Å². The van der Waals surface area contributed by atoms with Crippen LogP contribution in [0.25, 0.3) is 11.0 Å². The number of carbonyl (C=O) groups excluding carboxylic acids is 1. The fraction of sp³-hybridized carbons (Fsp3) is 0.741. The molecule has 1 aliphatic carbocycles. The third-order valence-corrected chi connectivity index (χ3v) is 8.43. The van der Waals surface area contributed by atoms with Crippen LogP contribution in [0, 0.1) is 0 Å². The molecule has 1 N–H and O–H groups in total. The maximum atomic E-state index is 13.4. The number of carbonyl (C=O) groups is 1. The van der Waals surface area contributed by atoms with Crippen LogP contribution in [0.4, 0.5) is 5.82 Å². The van der Waals surface area contributed by atoms with Crippen molar-refractivity contribution in [1.29, 1.82) is 0 Å². The molecule has 0 atom stereocenters. The number of rotatable bonds is 7. The third-order valence-electron chi connectivity index (χ3n) is 8.43. The van der Waals surface area contributed by atoms with Crippen LogP contribution >= 0.6 is 0 Å². The fourth-order valence-corrected chi connectivity index (χ4v) is 6.07. The van der Waals surface area contributed by atoms with E-state index in [9.17, 15) is 4.79 Å². The highest BCUT2D eigenvalue weighted by atomic mass is 16.2. The van der Waals surface area contributed by atoms with Crippen molar-refractivity contribution in [2.45, 2.75) is 76.3 Å². The molecule has 3 saturated heterocycles. The Kier molecular flexibility index (Phi) is 6.92. The smallest absolute Gasteiger partial charge is 0.272 e. The molecule has 1 saturated carbocycles. The second-order valence-electron chi connectivity index (χ2n) is 11.1. The number of nitrogens with zero attached hydrogens (tertiary/aromatic N) is 6. The molecule has 35 heavy (non-hydrogen) atoms. The maximum absolute atomic E-state index is 13.4. The minimum Gasteiger partial charge on any atom is -0.357 e. The predicted octanol–water partition coefficient (Wildman–Crippen LogP) is 3.44. The van der Waals surface area contributed by atoms with Gasteiger partial charge in [0.15, 0.2) is 11.3 Å². The number of likely N-dealkylation sites (tertiary alicyclic amines) is 2. The van der Waals surface area contributed by atoms with E-state index < -0.39 is 0 Å². The quantitative estimate of drug-likeness (QED) is 0.656. The van der Waals surface area contributed by atoms with Crippen LogP contribution in [0.5, 0.6) is 0 Å². The highest BCUT2D eigenvalue weighted by molar-refractivity contribution is 6.04. The van der Waals surface area contributed by atoms with Gasteiger partial charge in [0.1, 0.15) is 5.82 Å². The topological polar surface area (TPSA) is 69.5 Å². The number of piperidine rings is 1. The van der Waals surface area contributed by atoms with Crippen molar-refractivity contribution in [3.05, 3.63) is 17.8 Å². The van der Waals surface area contributed by atoms with E-state index in [0.29, 0.717) is 11.7 Å². The molecule has 0 aromatic carbocycles. The molecule has 190 valence electrons. The van der Waals surface area contributed by atoms with Gasteiger partial charge in [-0.25, -0.2) is 9.67 Å². The standard InChI is InChI=1S/C27H41N7O/c35-27(28-21-11-17-32(18-12-21)20-19-31-13-5-6-14-31)25-23-9-10-24(33-15-3-1-2-4-16-33)29-26(23)34(30-25)22-7-8-22/h9-10,21-22H,1-8,11-20H2,(H,28,35). The second kappa shape index (κ2) is 10.4. The molecule has 0 spiro atoms. The molecular weight excluding hydrogens is 438 g/mol. The molecule has 0 unspecified atom stereocenters. The highest BCUT2D eigenvalue weighted by Crippen LogP contribution is 2.37. The minimum atomic E-state index is -0.0331. The molecule has 0 bridgehead atoms. The van der Waals surface area contributed by atoms with Crippen LogP contribution in [0.3, 0.4) is 0 Å². The summed E-state index contributed by atoms with van der Waals surface area (Å²) in [4.78, 5) is 26.0. The van der Waals surface area contributed by atoms with E-state index in [0.717, 1.165) is 75.3 Å². The molecule has 4 fully saturated rings. The molecule has 3 aliphatic heterocycles. The molecule has 1 amide bonds. The second-order valence-corrected chi connectivity index (χ2v) is 11.1. The first kappa shape index (κ1) is 23.2. The van der Waals surface area contributed by atoms with Crippen molar-refractivity contribution < 1.29 is 4.79 Å². The summed E-state index contributed by atoms with van der Waals surface area (Å²) in [5, 5.41) is 9.03. The van der Waals surface area contributed by atoms with Crippen LogP contribution in [-0.4, -0.2) is 88.9 Å². The number of hydrogen-bond acceptors (Lipinski definition) is 6. The Morgan fingerprint density at radius 3 is 2.17 bits per heavy atom. The van der Waals surface area contributed by atoms with E-state index in [1.807, 2.05) is 4.68 Å². The first-order valence-electron chi connectivity index (χ1n) is 14.1. The van der Waals surface area contributed by atoms with Crippen molar-refractivity contribution in [3.63, 3.8) is 0 Å². The number of anilines is 1. The lowest BCUT2D eigenvalue weighted by Gasteiger charge is -2.33. The molecule has 2 aromatic heterocycles. The Morgan fingerprint density at radius 1 is 0.829 bits per heavy atom. The van der Waals surface area contributed by atoms with Gasteiger partial charge in [0, 0.05) is 45.3 Å². The van der Waals surface area contributed by atoms with Gasteiger partial charge in [-0.05, 0) is 76.6 Å². The summed E-state index contributed by atoms with van der Waals surface area (Å²) in [6, 6.07) is 4.81. The Morgan fingerprint density at radius 2 is 1.49 bits per heavy atom. The van der Waals surface area contributed by atoms with Gasteiger partial charge in [-0.1, -0.05) is 12.8 Å². The Labute approximate surface area is 209 Å². The van der Waals surface area contributed by atoms with E-state index in [2.05, 4.69) is 32.1 Å². The van der Waals surface area contributed by atoms with Crippen LogP contribution < -0.4 is 10.2 Å². The van der Waals surface area contributed by atoms with Crippen molar-refractivity contribution in [2.24, 2.45) is 0 Å². The summed E-state index contributed by atoms with van der Waals surface area (Å²) in [7, 11) is 0. The fourth-order valence-electron chi connectivity index (χ4n) is 6.07. The normalized spacial score (nSPS) is 23.1. The molecule has 5 heterocycles. The van der Waals surface area contributed by atoms with Gasteiger partial charge >= 0.3 is 0 Å². The van der Waals surface area contributed by atoms with Gasteiger partial charge in [-0.15, -0.1) is 0 Å². The van der Waals surface area contributed by atoms with Crippen molar-refractivity contribution in [3.8, 4) is 0 Å². The Balaban J connectivity index is 1.11. The van der Waals surface area contributed by atoms with Crippen molar-refractivity contribution >= 4 is 22.8 Å². The Bertz CT molecular complexity index is 1010. The lowest BCUT2D eigenvalue weighted by molar-refractivity contribution is 0.0903. The summed E-state index contributed by atoms with van der Waals surface area (Å²) in [5.74, 6) is 1.00. The minimum absolute atomic E-state index is 0.0331. The van der Waals surface area contributed by atoms with Gasteiger partial charge in [0.25, 0.3) is 5.91 Å². The molecule has 6 rings (SSSR count). The van der Waals surface area contributed by atoms with Crippen molar-refractivity contribution in [1.82, 2.24) is 29.9 Å². The molecule has 8 nitrogen and oxygen atoms in total. The zero-order valence-electron chi connectivity index (χ0n) is 21.1. The SMILES string of the molecule is O=C(NC1CCN(CCN2CCCC2)CC1)c1nn(C2CC2)c2nc(N3CCCCCC3)ccc12. The summed E-state index contributed by atoms with van der Waals surface area (Å²) in [6.45, 7) is 9.15. The molecule has 2 aromatic rings. The largest absolute Gasteiger partial charge is 0.357 e. The van der Waals surface area contributed by atoms with Gasteiger partial charge in [-0.2, -0.15) is 5.10 Å². The first-order chi connectivity index (χ1) is 17.2. The van der Waals surface area contributed by atoms with Gasteiger partial charge in [0.2, 0.25) is 0 Å². The summed E-state index contributed by atoms with van der Waals surface area (Å²) in [5.41, 5.74) is 1.44. The van der Waals surface area contributed by atoms with E-state index in [1.54, 1.807) is 0 Å². The average molecular weight is 480 g/mol. The zero-order chi connectivity index (χ0) is 23.6. The van der Waals surface area contributed by atoms with Crippen LogP contribution in [0.2, 0.25) is 0 Å². The molecule has 4 aliphatic rings. The molecule has 0 radical (unpaired) electrons. The average Bonchev–Trinajstić information content (AvgIpc) is 3.55. The van der Waals surface area contributed by atoms with Crippen LogP contribution in [0.1, 0.15) is 80.7 Å². The summed E-state index contributed by atoms with van der Waals surface area (Å²) in [6.07, 6.45) is 12.1. The molecule has 8 heteroatoms. The lowest BCUT2D eigenvalue weighted by Crippen LogP contribution is -2.46. The number of amides is 1. The number of nitrogens with one attached hydrogen (secondary N) is 1. The van der Waals surface area contributed by atoms with E-state index in [4.69, 9.17) is 10.1 Å². The van der Waals surface area contributed by atoms with E-state index in [-0.39, 0.29) is 11.9 Å². The van der Waals surface area contributed by atoms with Crippen LogP contribution in [0.15, 0.2) is 12.1 Å². The number of pyridine rings is 1. The van der Waals surface area contributed by atoms with E-state index in [1.165, 1.54) is 58.2 Å². The lowest BCUT2D eigenvalue weighted by atomic mass is 10.0. The van der Waals surface area contributed by atoms with Gasteiger partial charge in [0.05, 0.1) is 11.4 Å². The maximum Gasteiger partial charge on any atom is 0.272 e. The molecular formula is C27H41N7O. The van der Waals surface area contributed by atoms with Crippen LogP contribution in [-0.2, 0) is 0 Å². The summed E-state index contributed by atoms with van der Waals surface area (Å²) >= 11 is 0. The predicted molar refractivity (Wildman–Crippen MR) is 139 cm³/mol. The van der Waals surface area contributed by atoms with Crippen molar-refractivity contribution in [2.75, 3.05) is 57.3 Å². The third kappa shape index (κ3) is 5.33. The highest BCUT2D eigenvalue weighted by Gasteiger charge is 2.31. The Hall–Kier alpha value is -2.19. The van der Waals surface area contributed by atoms with Gasteiger partial charge in [-0.3, -0.25) is 4.79 Å². The first-order valence-corrected chi connectivity index (χ1v) is 14.1. The number of aromatic nitrogens is 3. The number of fused-ring (bicyclic) bond motifs is 1.